The van der Waals surface area contributed by atoms with Crippen molar-refractivity contribution in [3.63, 3.8) is 0 Å². The summed E-state index contributed by atoms with van der Waals surface area (Å²) < 4.78 is 103. The Balaban J connectivity index is 0.000000325. The van der Waals surface area contributed by atoms with Gasteiger partial charge < -0.3 is 24.3 Å². The van der Waals surface area contributed by atoms with Gasteiger partial charge in [0.15, 0.2) is 0 Å². The molecule has 0 radical (unpaired) electrons. The molecule has 2 aliphatic rings. The van der Waals surface area contributed by atoms with Crippen LogP contribution in [0, 0.1) is 6.92 Å². The van der Waals surface area contributed by atoms with E-state index >= 15 is 0 Å². The maximum absolute atomic E-state index is 10.6. The van der Waals surface area contributed by atoms with Crippen molar-refractivity contribution in [1.82, 2.24) is 19.4 Å². The second kappa shape index (κ2) is 16.2. The molecule has 11 nitrogen and oxygen atoms in total. The third-order valence-corrected chi connectivity index (χ3v) is 7.32. The van der Waals surface area contributed by atoms with Gasteiger partial charge in [0.25, 0.3) is 0 Å². The Kier molecular flexibility index (Phi) is 13.4. The van der Waals surface area contributed by atoms with Gasteiger partial charge in [-0.05, 0) is 44.5 Å². The molecule has 4 heterocycles. The van der Waals surface area contributed by atoms with E-state index < -0.39 is 36.4 Å². The molecule has 1 aromatic carbocycles. The van der Waals surface area contributed by atoms with Gasteiger partial charge >= 0.3 is 36.4 Å². The number of aromatic nitrogens is 2. The molecule has 0 saturated carbocycles. The molecule has 0 bridgehead atoms. The first-order valence-corrected chi connectivity index (χ1v) is 14.0. The van der Waals surface area contributed by atoms with Crippen LogP contribution in [0.5, 0.6) is 0 Å². The standard InChI is InChI=1S/C23H28N4O.3C2HF3O2/c1-18-8-9-20(28-18)17-26-12-10-23(11-13-26)22-24-16-21(19-6-4-3-5-7-19)27(22)15-14-25(23)2;3*3-2(4,5)1(6)7/h3-9,16H,10-15,17H2,1-2H3;3*(H,6,7). The summed E-state index contributed by atoms with van der Waals surface area (Å²) in [6.07, 6.45) is -11.0. The van der Waals surface area contributed by atoms with Crippen LogP contribution in [0.1, 0.15) is 30.2 Å². The Hall–Kier alpha value is -4.59. The Morgan fingerprint density at radius 1 is 0.776 bits per heavy atom. The number of imidazole rings is 1. The number of halogens is 9. The fraction of sp³-hybridized carbons (Fsp3) is 0.448. The number of fused-ring (bicyclic) bond motifs is 2. The fourth-order valence-corrected chi connectivity index (χ4v) is 4.92. The maximum atomic E-state index is 10.6. The number of hydrogen-bond donors (Lipinski definition) is 3. The Bertz CT molecular complexity index is 1490. The van der Waals surface area contributed by atoms with Gasteiger partial charge in [0, 0.05) is 26.2 Å². The Labute approximate surface area is 272 Å². The van der Waals surface area contributed by atoms with E-state index in [2.05, 4.69) is 70.1 Å². The van der Waals surface area contributed by atoms with Gasteiger partial charge in [0.05, 0.1) is 24.0 Å². The minimum Gasteiger partial charge on any atom is -0.475 e. The molecule has 2 aromatic heterocycles. The van der Waals surface area contributed by atoms with Crippen LogP contribution in [0.3, 0.4) is 0 Å². The van der Waals surface area contributed by atoms with Crippen LogP contribution in [0.15, 0.2) is 53.1 Å². The number of likely N-dealkylation sites (N-methyl/N-ethyl adjacent to an activating group) is 1. The second-order valence-corrected chi connectivity index (χ2v) is 10.6. The second-order valence-electron chi connectivity index (χ2n) is 10.6. The SMILES string of the molecule is Cc1ccc(CN2CCC3(CC2)c2ncc(-c4ccccc4)n2CCN3C)o1.O=C(O)C(F)(F)F.O=C(O)C(F)(F)F.O=C(O)C(F)(F)F. The summed E-state index contributed by atoms with van der Waals surface area (Å²) in [7, 11) is 2.27. The van der Waals surface area contributed by atoms with Crippen molar-refractivity contribution < 1.29 is 73.6 Å². The predicted octanol–water partition coefficient (Wildman–Crippen LogP) is 5.79. The molecule has 2 aliphatic heterocycles. The molecule has 272 valence electrons. The van der Waals surface area contributed by atoms with E-state index in [9.17, 15) is 39.5 Å². The van der Waals surface area contributed by atoms with Crippen molar-refractivity contribution in [2.24, 2.45) is 0 Å². The zero-order valence-corrected chi connectivity index (χ0v) is 25.7. The van der Waals surface area contributed by atoms with Gasteiger partial charge in [0.1, 0.15) is 17.3 Å². The number of carboxylic acid groups (broad SMARTS) is 3. The lowest BCUT2D eigenvalue weighted by Crippen LogP contribution is -2.56. The number of aryl methyl sites for hydroxylation is 1. The zero-order chi connectivity index (χ0) is 37.4. The van der Waals surface area contributed by atoms with E-state index in [0.29, 0.717) is 0 Å². The number of alkyl halides is 9. The van der Waals surface area contributed by atoms with Crippen LogP contribution in [0.2, 0.25) is 0 Å². The zero-order valence-electron chi connectivity index (χ0n) is 25.7. The van der Waals surface area contributed by atoms with Gasteiger partial charge in [-0.3, -0.25) is 9.80 Å². The Morgan fingerprint density at radius 2 is 1.24 bits per heavy atom. The number of rotatable bonds is 3. The van der Waals surface area contributed by atoms with Crippen molar-refractivity contribution in [1.29, 1.82) is 0 Å². The molecular formula is C29H31F9N4O7. The quantitative estimate of drug-likeness (QED) is 0.284. The van der Waals surface area contributed by atoms with Crippen LogP contribution in [-0.2, 0) is 33.0 Å². The van der Waals surface area contributed by atoms with E-state index in [1.54, 1.807) is 0 Å². The lowest BCUT2D eigenvalue weighted by molar-refractivity contribution is -0.193. The van der Waals surface area contributed by atoms with Crippen LogP contribution >= 0.6 is 0 Å². The minimum atomic E-state index is -5.08. The highest BCUT2D eigenvalue weighted by Crippen LogP contribution is 2.41. The first-order valence-electron chi connectivity index (χ1n) is 14.0. The molecule has 0 amide bonds. The monoisotopic (exact) mass is 718 g/mol. The lowest BCUT2D eigenvalue weighted by atomic mass is 9.83. The summed E-state index contributed by atoms with van der Waals surface area (Å²) in [5, 5.41) is 21.4. The number of aliphatic carboxylic acids is 3. The van der Waals surface area contributed by atoms with E-state index in [1.165, 1.54) is 17.1 Å². The first-order chi connectivity index (χ1) is 22.5. The van der Waals surface area contributed by atoms with Crippen molar-refractivity contribution in [2.45, 2.75) is 56.9 Å². The summed E-state index contributed by atoms with van der Waals surface area (Å²) in [4.78, 5) is 36.7. The number of likely N-dealkylation sites (tertiary alicyclic amines) is 1. The smallest absolute Gasteiger partial charge is 0.475 e. The molecule has 0 atom stereocenters. The Morgan fingerprint density at radius 3 is 1.65 bits per heavy atom. The lowest BCUT2D eigenvalue weighted by Gasteiger charge is -2.49. The first kappa shape index (κ1) is 40.6. The molecule has 1 spiro atoms. The number of benzene rings is 1. The van der Waals surface area contributed by atoms with Gasteiger partial charge in [-0.1, -0.05) is 30.3 Å². The fourth-order valence-electron chi connectivity index (χ4n) is 4.92. The summed E-state index contributed by atoms with van der Waals surface area (Å²) in [6, 6.07) is 14.8. The predicted molar refractivity (Wildman–Crippen MR) is 151 cm³/mol. The molecule has 0 aliphatic carbocycles. The summed E-state index contributed by atoms with van der Waals surface area (Å²) in [6.45, 7) is 7.12. The summed E-state index contributed by atoms with van der Waals surface area (Å²) in [5.41, 5.74) is 2.55. The van der Waals surface area contributed by atoms with Crippen molar-refractivity contribution in [2.75, 3.05) is 26.7 Å². The molecule has 49 heavy (non-hydrogen) atoms. The van der Waals surface area contributed by atoms with Crippen LogP contribution in [0.25, 0.3) is 11.3 Å². The highest BCUT2D eigenvalue weighted by molar-refractivity contribution is 5.73. The minimum absolute atomic E-state index is 0.0425. The van der Waals surface area contributed by atoms with Crippen LogP contribution in [0.4, 0.5) is 39.5 Å². The molecule has 5 rings (SSSR count). The maximum Gasteiger partial charge on any atom is 0.490 e. The highest BCUT2D eigenvalue weighted by Gasteiger charge is 2.46. The molecule has 20 heteroatoms. The summed E-state index contributed by atoms with van der Waals surface area (Å²) >= 11 is 0. The molecule has 1 saturated heterocycles. The van der Waals surface area contributed by atoms with Crippen LogP contribution in [-0.4, -0.2) is 97.8 Å². The van der Waals surface area contributed by atoms with Gasteiger partial charge in [0.2, 0.25) is 0 Å². The van der Waals surface area contributed by atoms with E-state index in [4.69, 9.17) is 39.1 Å². The number of carboxylic acids is 3. The summed E-state index contributed by atoms with van der Waals surface area (Å²) in [5.74, 6) is -4.97. The van der Waals surface area contributed by atoms with Gasteiger partial charge in [-0.15, -0.1) is 0 Å². The van der Waals surface area contributed by atoms with Crippen LogP contribution < -0.4 is 0 Å². The highest BCUT2D eigenvalue weighted by atomic mass is 19.4. The molecule has 0 unspecified atom stereocenters. The van der Waals surface area contributed by atoms with E-state index in [-0.39, 0.29) is 5.54 Å². The molecule has 3 N–H and O–H groups in total. The number of piperidine rings is 1. The molecular weight excluding hydrogens is 687 g/mol. The number of hydrogen-bond acceptors (Lipinski definition) is 7. The largest absolute Gasteiger partial charge is 0.490 e. The molecule has 3 aromatic rings. The van der Waals surface area contributed by atoms with Crippen molar-refractivity contribution in [3.8, 4) is 11.3 Å². The van der Waals surface area contributed by atoms with Crippen molar-refractivity contribution in [3.05, 3.63) is 66.0 Å². The average Bonchev–Trinajstić information content (AvgIpc) is 3.62. The van der Waals surface area contributed by atoms with Crippen molar-refractivity contribution >= 4 is 17.9 Å². The normalized spacial score (nSPS) is 16.1. The third-order valence-electron chi connectivity index (χ3n) is 7.32. The average molecular weight is 719 g/mol. The third kappa shape index (κ3) is 11.5. The van der Waals surface area contributed by atoms with E-state index in [0.717, 1.165) is 57.1 Å². The topological polar surface area (TPSA) is 149 Å². The van der Waals surface area contributed by atoms with Gasteiger partial charge in [-0.25, -0.2) is 19.4 Å². The van der Waals surface area contributed by atoms with E-state index in [1.807, 2.05) is 6.92 Å². The number of furan rings is 1. The number of carbonyl (C=O) groups is 3. The number of nitrogens with zero attached hydrogens (tertiary/aromatic N) is 4. The van der Waals surface area contributed by atoms with Gasteiger partial charge in [-0.2, -0.15) is 39.5 Å². The molecule has 1 fully saturated rings.